The molecule has 1 aromatic heterocycles. The van der Waals surface area contributed by atoms with Crippen LogP contribution in [0.4, 0.5) is 10.1 Å². The summed E-state index contributed by atoms with van der Waals surface area (Å²) < 4.78 is 27.2. The molecule has 0 bridgehead atoms. The highest BCUT2D eigenvalue weighted by Gasteiger charge is 2.13. The van der Waals surface area contributed by atoms with Gasteiger partial charge in [0, 0.05) is 10.4 Å². The van der Waals surface area contributed by atoms with Gasteiger partial charge in [0.1, 0.15) is 5.82 Å². The Kier molecular flexibility index (Phi) is 3.54. The summed E-state index contributed by atoms with van der Waals surface area (Å²) in [4.78, 5) is 0.203. The van der Waals surface area contributed by atoms with Gasteiger partial charge in [0.15, 0.2) is 0 Å². The van der Waals surface area contributed by atoms with Crippen LogP contribution in [0.1, 0.15) is 5.56 Å². The van der Waals surface area contributed by atoms with Crippen LogP contribution in [0.15, 0.2) is 52.7 Å². The first-order valence-corrected chi connectivity index (χ1v) is 8.23. The van der Waals surface area contributed by atoms with Crippen molar-refractivity contribution in [3.05, 3.63) is 59.2 Å². The van der Waals surface area contributed by atoms with Gasteiger partial charge in [-0.3, -0.25) is 4.21 Å². The van der Waals surface area contributed by atoms with Gasteiger partial charge in [-0.15, -0.1) is 11.3 Å². The predicted octanol–water partition coefficient (Wildman–Crippen LogP) is 3.93. The van der Waals surface area contributed by atoms with Gasteiger partial charge in [-0.25, -0.2) is 4.39 Å². The molecule has 3 rings (SSSR count). The SMILES string of the molecule is Nc1ccc(S(=O)Cc2csc3ccccc23)c(F)c1. The monoisotopic (exact) mass is 305 g/mol. The van der Waals surface area contributed by atoms with Crippen LogP contribution in [0, 0.1) is 5.82 Å². The Hall–Kier alpha value is -1.72. The summed E-state index contributed by atoms with van der Waals surface area (Å²) in [5.41, 5.74) is 6.82. The van der Waals surface area contributed by atoms with E-state index in [1.807, 2.05) is 29.6 Å². The molecule has 1 atom stereocenters. The molecule has 0 aliphatic rings. The summed E-state index contributed by atoms with van der Waals surface area (Å²) in [7, 11) is -1.41. The minimum atomic E-state index is -1.41. The minimum absolute atomic E-state index is 0.203. The van der Waals surface area contributed by atoms with Crippen molar-refractivity contribution in [3.8, 4) is 0 Å². The Morgan fingerprint density at radius 1 is 1.20 bits per heavy atom. The smallest absolute Gasteiger partial charge is 0.141 e. The second-order valence-electron chi connectivity index (χ2n) is 4.44. The van der Waals surface area contributed by atoms with Gasteiger partial charge in [-0.05, 0) is 40.6 Å². The number of anilines is 1. The van der Waals surface area contributed by atoms with Crippen LogP contribution in [-0.4, -0.2) is 4.21 Å². The number of fused-ring (bicyclic) bond motifs is 1. The first kappa shape index (κ1) is 13.3. The van der Waals surface area contributed by atoms with E-state index in [-0.39, 0.29) is 4.90 Å². The quantitative estimate of drug-likeness (QED) is 0.745. The summed E-state index contributed by atoms with van der Waals surface area (Å²) in [5.74, 6) is -0.201. The molecule has 20 heavy (non-hydrogen) atoms. The van der Waals surface area contributed by atoms with E-state index >= 15 is 0 Å². The second-order valence-corrected chi connectivity index (χ2v) is 6.77. The zero-order valence-electron chi connectivity index (χ0n) is 10.5. The summed E-state index contributed by atoms with van der Waals surface area (Å²) in [6.45, 7) is 0. The number of hydrogen-bond acceptors (Lipinski definition) is 3. The molecule has 0 spiro atoms. The zero-order valence-corrected chi connectivity index (χ0v) is 12.1. The van der Waals surface area contributed by atoms with Crippen molar-refractivity contribution in [1.29, 1.82) is 0 Å². The number of benzene rings is 2. The largest absolute Gasteiger partial charge is 0.399 e. The molecule has 2 N–H and O–H groups in total. The highest BCUT2D eigenvalue weighted by Crippen LogP contribution is 2.28. The average Bonchev–Trinajstić information content (AvgIpc) is 2.82. The number of rotatable bonds is 3. The van der Waals surface area contributed by atoms with Crippen LogP contribution in [0.3, 0.4) is 0 Å². The molecule has 0 aliphatic heterocycles. The van der Waals surface area contributed by atoms with E-state index in [0.29, 0.717) is 11.4 Å². The molecule has 2 nitrogen and oxygen atoms in total. The second kappa shape index (κ2) is 5.34. The van der Waals surface area contributed by atoms with E-state index in [1.165, 1.54) is 12.1 Å². The van der Waals surface area contributed by atoms with E-state index in [9.17, 15) is 8.60 Å². The highest BCUT2D eigenvalue weighted by atomic mass is 32.2. The van der Waals surface area contributed by atoms with Crippen LogP contribution in [-0.2, 0) is 16.6 Å². The number of nitrogens with two attached hydrogens (primary N) is 1. The molecule has 0 fully saturated rings. The maximum absolute atomic E-state index is 13.8. The molecule has 0 aliphatic carbocycles. The molecule has 0 saturated heterocycles. The summed E-state index contributed by atoms with van der Waals surface area (Å²) in [6.07, 6.45) is 0. The van der Waals surface area contributed by atoms with Crippen LogP contribution < -0.4 is 5.73 Å². The molecular formula is C15H12FNOS2. The molecule has 5 heteroatoms. The van der Waals surface area contributed by atoms with E-state index in [0.717, 1.165) is 15.6 Å². The molecule has 102 valence electrons. The summed E-state index contributed by atoms with van der Waals surface area (Å²) in [6, 6.07) is 12.2. The van der Waals surface area contributed by atoms with Gasteiger partial charge in [0.05, 0.1) is 21.4 Å². The normalized spacial score (nSPS) is 12.7. The lowest BCUT2D eigenvalue weighted by atomic mass is 10.2. The fourth-order valence-electron chi connectivity index (χ4n) is 2.07. The third kappa shape index (κ3) is 2.46. The van der Waals surface area contributed by atoms with Gasteiger partial charge in [0.25, 0.3) is 0 Å². The number of thiophene rings is 1. The molecule has 3 aromatic rings. The number of halogens is 1. The molecule has 1 heterocycles. The van der Waals surface area contributed by atoms with Crippen LogP contribution in [0.2, 0.25) is 0 Å². The van der Waals surface area contributed by atoms with Gasteiger partial charge in [0.2, 0.25) is 0 Å². The van der Waals surface area contributed by atoms with Crippen LogP contribution in [0.25, 0.3) is 10.1 Å². The first-order valence-electron chi connectivity index (χ1n) is 6.03. The van der Waals surface area contributed by atoms with Crippen molar-refractivity contribution >= 4 is 37.9 Å². The predicted molar refractivity (Wildman–Crippen MR) is 82.7 cm³/mol. The average molecular weight is 305 g/mol. The van der Waals surface area contributed by atoms with E-state index in [1.54, 1.807) is 17.4 Å². The standard InChI is InChI=1S/C15H12FNOS2/c16-13-7-11(17)5-6-15(13)20(18)9-10-8-19-14-4-2-1-3-12(10)14/h1-8H,9,17H2. The number of hydrogen-bond donors (Lipinski definition) is 1. The molecule has 0 saturated carbocycles. The lowest BCUT2D eigenvalue weighted by Gasteiger charge is -2.04. The summed E-state index contributed by atoms with van der Waals surface area (Å²) >= 11 is 1.61. The lowest BCUT2D eigenvalue weighted by molar-refractivity contribution is 0.596. The van der Waals surface area contributed by atoms with Gasteiger partial charge in [-0.2, -0.15) is 0 Å². The van der Waals surface area contributed by atoms with Crippen molar-refractivity contribution in [2.24, 2.45) is 0 Å². The molecule has 2 aromatic carbocycles. The van der Waals surface area contributed by atoms with Crippen LogP contribution >= 0.6 is 11.3 Å². The maximum Gasteiger partial charge on any atom is 0.141 e. The Balaban J connectivity index is 1.92. The molecule has 0 amide bonds. The first-order chi connectivity index (χ1) is 9.65. The van der Waals surface area contributed by atoms with E-state index in [4.69, 9.17) is 5.73 Å². The molecular weight excluding hydrogens is 293 g/mol. The van der Waals surface area contributed by atoms with Gasteiger partial charge < -0.3 is 5.73 Å². The van der Waals surface area contributed by atoms with E-state index in [2.05, 4.69) is 0 Å². The Bertz CT molecular complexity index is 797. The molecule has 0 radical (unpaired) electrons. The minimum Gasteiger partial charge on any atom is -0.399 e. The Morgan fingerprint density at radius 3 is 2.80 bits per heavy atom. The third-order valence-electron chi connectivity index (χ3n) is 3.05. The van der Waals surface area contributed by atoms with Crippen LogP contribution in [0.5, 0.6) is 0 Å². The Labute approximate surface area is 122 Å². The highest BCUT2D eigenvalue weighted by molar-refractivity contribution is 7.84. The molecule has 1 unspecified atom stereocenters. The van der Waals surface area contributed by atoms with Crippen molar-refractivity contribution in [2.75, 3.05) is 5.73 Å². The van der Waals surface area contributed by atoms with Gasteiger partial charge >= 0.3 is 0 Å². The lowest BCUT2D eigenvalue weighted by Crippen LogP contribution is -2.00. The van der Waals surface area contributed by atoms with Crippen molar-refractivity contribution in [3.63, 3.8) is 0 Å². The third-order valence-corrected chi connectivity index (χ3v) is 5.46. The maximum atomic E-state index is 13.8. The fraction of sp³-hybridized carbons (Fsp3) is 0.0667. The Morgan fingerprint density at radius 2 is 2.00 bits per heavy atom. The number of nitrogen functional groups attached to an aromatic ring is 1. The van der Waals surface area contributed by atoms with Crippen molar-refractivity contribution < 1.29 is 8.60 Å². The van der Waals surface area contributed by atoms with E-state index < -0.39 is 16.6 Å². The summed E-state index contributed by atoms with van der Waals surface area (Å²) in [5, 5.41) is 3.07. The topological polar surface area (TPSA) is 43.1 Å². The fourth-order valence-corrected chi connectivity index (χ4v) is 4.31. The van der Waals surface area contributed by atoms with Gasteiger partial charge in [-0.1, -0.05) is 18.2 Å². The zero-order chi connectivity index (χ0) is 14.1. The van der Waals surface area contributed by atoms with Crippen molar-refractivity contribution in [2.45, 2.75) is 10.6 Å². The van der Waals surface area contributed by atoms with Crippen molar-refractivity contribution in [1.82, 2.24) is 0 Å².